The highest BCUT2D eigenvalue weighted by molar-refractivity contribution is 6.54. The standard InChI is InChI=1S/C22H12Cl4N2O3/c23-13-6-7-14(17(25)10-13)22(30)31-27-20-15-3-1-2-4-19(15)28(21(20)29)11-12-5-8-16(24)18(26)9-12/h1-10H,11H2/b27-20-. The lowest BCUT2D eigenvalue weighted by atomic mass is 10.1. The normalized spacial score (nSPS) is 14.1. The van der Waals surface area contributed by atoms with E-state index in [1.165, 1.54) is 23.1 Å². The molecule has 5 nitrogen and oxygen atoms in total. The van der Waals surface area contributed by atoms with Crippen molar-refractivity contribution in [2.75, 3.05) is 4.90 Å². The Labute approximate surface area is 197 Å². The van der Waals surface area contributed by atoms with Gasteiger partial charge < -0.3 is 9.74 Å². The molecule has 0 aliphatic carbocycles. The van der Waals surface area contributed by atoms with Gasteiger partial charge in [-0.3, -0.25) is 4.79 Å². The fourth-order valence-corrected chi connectivity index (χ4v) is 3.93. The summed E-state index contributed by atoms with van der Waals surface area (Å²) in [5, 5.41) is 5.16. The van der Waals surface area contributed by atoms with Crippen molar-refractivity contribution in [3.8, 4) is 0 Å². The number of benzene rings is 3. The number of hydrogen-bond donors (Lipinski definition) is 0. The van der Waals surface area contributed by atoms with Gasteiger partial charge in [-0.05, 0) is 42.0 Å². The molecule has 0 radical (unpaired) electrons. The largest absolute Gasteiger partial charge is 0.367 e. The van der Waals surface area contributed by atoms with E-state index >= 15 is 0 Å². The molecule has 0 bridgehead atoms. The minimum absolute atomic E-state index is 0.00842. The lowest BCUT2D eigenvalue weighted by Crippen LogP contribution is -2.29. The SMILES string of the molecule is O=C(O/N=C1\C(=O)N(Cc2ccc(Cl)c(Cl)c2)c2ccccc21)c1ccc(Cl)cc1Cl. The van der Waals surface area contributed by atoms with Crippen LogP contribution in [-0.4, -0.2) is 17.6 Å². The number of rotatable bonds is 4. The number of halogens is 4. The van der Waals surface area contributed by atoms with Gasteiger partial charge in [0.25, 0.3) is 5.91 Å². The number of carbonyl (C=O) groups is 2. The maximum atomic E-state index is 13.1. The molecule has 1 heterocycles. The Morgan fingerprint density at radius 2 is 1.68 bits per heavy atom. The van der Waals surface area contributed by atoms with Crippen molar-refractivity contribution in [1.82, 2.24) is 0 Å². The molecule has 3 aromatic carbocycles. The molecule has 1 aliphatic rings. The van der Waals surface area contributed by atoms with Crippen LogP contribution in [0.4, 0.5) is 5.69 Å². The molecule has 0 fully saturated rings. The van der Waals surface area contributed by atoms with Gasteiger partial charge in [0.05, 0.1) is 32.9 Å². The summed E-state index contributed by atoms with van der Waals surface area (Å²) in [7, 11) is 0. The molecule has 0 aromatic heterocycles. The van der Waals surface area contributed by atoms with Gasteiger partial charge in [0, 0.05) is 10.6 Å². The molecule has 0 unspecified atom stereocenters. The van der Waals surface area contributed by atoms with Crippen molar-refractivity contribution in [2.45, 2.75) is 6.54 Å². The van der Waals surface area contributed by atoms with Crippen LogP contribution in [0.5, 0.6) is 0 Å². The topological polar surface area (TPSA) is 59.0 Å². The highest BCUT2D eigenvalue weighted by Gasteiger charge is 2.35. The summed E-state index contributed by atoms with van der Waals surface area (Å²) in [6.45, 7) is 0.239. The van der Waals surface area contributed by atoms with Crippen molar-refractivity contribution in [1.29, 1.82) is 0 Å². The molecule has 1 aliphatic heterocycles. The molecular formula is C22H12Cl4N2O3. The van der Waals surface area contributed by atoms with Gasteiger partial charge in [-0.15, -0.1) is 0 Å². The number of carbonyl (C=O) groups excluding carboxylic acids is 2. The molecule has 0 spiro atoms. The van der Waals surface area contributed by atoms with Crippen LogP contribution in [0.15, 0.2) is 65.8 Å². The predicted octanol–water partition coefficient (Wildman–Crippen LogP) is 6.41. The highest BCUT2D eigenvalue weighted by Crippen LogP contribution is 2.32. The Balaban J connectivity index is 1.62. The Kier molecular flexibility index (Phi) is 6.21. The molecule has 31 heavy (non-hydrogen) atoms. The van der Waals surface area contributed by atoms with E-state index in [0.717, 1.165) is 5.56 Å². The van der Waals surface area contributed by atoms with E-state index in [1.807, 2.05) is 0 Å². The van der Waals surface area contributed by atoms with E-state index in [4.69, 9.17) is 51.2 Å². The van der Waals surface area contributed by atoms with Crippen molar-refractivity contribution >= 4 is 69.7 Å². The van der Waals surface area contributed by atoms with Gasteiger partial charge in [0.2, 0.25) is 0 Å². The van der Waals surface area contributed by atoms with Gasteiger partial charge >= 0.3 is 5.97 Å². The quantitative estimate of drug-likeness (QED) is 0.311. The van der Waals surface area contributed by atoms with Crippen molar-refractivity contribution in [3.63, 3.8) is 0 Å². The van der Waals surface area contributed by atoms with Crippen LogP contribution < -0.4 is 4.90 Å². The number of nitrogens with zero attached hydrogens (tertiary/aromatic N) is 2. The first kappa shape index (κ1) is 21.7. The number of hydrogen-bond acceptors (Lipinski definition) is 4. The molecule has 0 saturated carbocycles. The summed E-state index contributed by atoms with van der Waals surface area (Å²) in [5.41, 5.74) is 2.06. The van der Waals surface area contributed by atoms with Gasteiger partial charge in [-0.25, -0.2) is 4.79 Å². The van der Waals surface area contributed by atoms with E-state index in [0.29, 0.717) is 26.3 Å². The van der Waals surface area contributed by atoms with Gasteiger partial charge in [0.1, 0.15) is 0 Å². The van der Waals surface area contributed by atoms with Crippen LogP contribution in [0.25, 0.3) is 0 Å². The van der Waals surface area contributed by atoms with E-state index in [2.05, 4.69) is 5.16 Å². The first-order valence-electron chi connectivity index (χ1n) is 8.94. The first-order valence-corrected chi connectivity index (χ1v) is 10.5. The lowest BCUT2D eigenvalue weighted by Gasteiger charge is -2.17. The molecule has 0 saturated heterocycles. The van der Waals surface area contributed by atoms with Crippen LogP contribution in [0.2, 0.25) is 20.1 Å². The molecule has 9 heteroatoms. The van der Waals surface area contributed by atoms with Crippen molar-refractivity contribution in [2.24, 2.45) is 5.16 Å². The highest BCUT2D eigenvalue weighted by atomic mass is 35.5. The van der Waals surface area contributed by atoms with Crippen LogP contribution >= 0.6 is 46.4 Å². The molecular weight excluding hydrogens is 482 g/mol. The van der Waals surface area contributed by atoms with Gasteiger partial charge in [0.15, 0.2) is 5.71 Å². The third-order valence-corrected chi connectivity index (χ3v) is 5.88. The maximum absolute atomic E-state index is 13.1. The molecule has 0 N–H and O–H groups in total. The Hall–Kier alpha value is -2.57. The monoisotopic (exact) mass is 492 g/mol. The van der Waals surface area contributed by atoms with E-state index in [1.54, 1.807) is 42.5 Å². The fraction of sp³-hybridized carbons (Fsp3) is 0.0455. The zero-order valence-electron chi connectivity index (χ0n) is 15.6. The smallest absolute Gasteiger partial charge is 0.312 e. The number of amides is 1. The van der Waals surface area contributed by atoms with Crippen molar-refractivity contribution < 1.29 is 14.4 Å². The molecule has 3 aromatic rings. The predicted molar refractivity (Wildman–Crippen MR) is 123 cm³/mol. The molecule has 1 amide bonds. The number of fused-ring (bicyclic) bond motifs is 1. The zero-order valence-corrected chi connectivity index (χ0v) is 18.6. The lowest BCUT2D eigenvalue weighted by molar-refractivity contribution is -0.112. The van der Waals surface area contributed by atoms with E-state index in [9.17, 15) is 9.59 Å². The third kappa shape index (κ3) is 4.41. The minimum Gasteiger partial charge on any atom is -0.312 e. The average molecular weight is 494 g/mol. The average Bonchev–Trinajstić information content (AvgIpc) is 3.00. The van der Waals surface area contributed by atoms with Crippen LogP contribution in [0, 0.1) is 0 Å². The molecule has 0 atom stereocenters. The third-order valence-electron chi connectivity index (χ3n) is 4.59. The number of para-hydroxylation sites is 1. The van der Waals surface area contributed by atoms with Crippen LogP contribution in [0.3, 0.4) is 0 Å². The molecule has 156 valence electrons. The fourth-order valence-electron chi connectivity index (χ4n) is 3.12. The summed E-state index contributed by atoms with van der Waals surface area (Å²) >= 11 is 24.0. The van der Waals surface area contributed by atoms with Crippen LogP contribution in [-0.2, 0) is 16.2 Å². The maximum Gasteiger partial charge on any atom is 0.367 e. The van der Waals surface area contributed by atoms with Gasteiger partial charge in [-0.1, -0.05) is 75.8 Å². The first-order chi connectivity index (χ1) is 14.8. The number of anilines is 1. The Morgan fingerprint density at radius 3 is 2.42 bits per heavy atom. The second kappa shape index (κ2) is 8.89. The van der Waals surface area contributed by atoms with Crippen LogP contribution in [0.1, 0.15) is 21.5 Å². The number of oxime groups is 1. The zero-order chi connectivity index (χ0) is 22.1. The molecule has 4 rings (SSSR count). The second-order valence-electron chi connectivity index (χ2n) is 6.60. The second-order valence-corrected chi connectivity index (χ2v) is 8.26. The summed E-state index contributed by atoms with van der Waals surface area (Å²) in [4.78, 5) is 32.0. The summed E-state index contributed by atoms with van der Waals surface area (Å²) in [6, 6.07) is 16.6. The van der Waals surface area contributed by atoms with Gasteiger partial charge in [-0.2, -0.15) is 0 Å². The van der Waals surface area contributed by atoms with E-state index in [-0.39, 0.29) is 22.8 Å². The summed E-state index contributed by atoms with van der Waals surface area (Å²) in [6.07, 6.45) is 0. The summed E-state index contributed by atoms with van der Waals surface area (Å²) < 4.78 is 0. The van der Waals surface area contributed by atoms with E-state index < -0.39 is 11.9 Å². The minimum atomic E-state index is -0.803. The van der Waals surface area contributed by atoms with Crippen molar-refractivity contribution in [3.05, 3.63) is 97.4 Å². The Bertz CT molecular complexity index is 1240. The summed E-state index contributed by atoms with van der Waals surface area (Å²) in [5.74, 6) is -1.22. The Morgan fingerprint density at radius 1 is 0.903 bits per heavy atom.